The molecular formula is C28H38N4O4. The molecule has 2 aliphatic heterocycles. The Kier molecular flexibility index (Phi) is 9.06. The highest BCUT2D eigenvalue weighted by molar-refractivity contribution is 6.02. The number of rotatable bonds is 10. The van der Waals surface area contributed by atoms with E-state index in [2.05, 4.69) is 33.4 Å². The number of carbonyl (C=O) groups is 2. The van der Waals surface area contributed by atoms with Gasteiger partial charge in [0.15, 0.2) is 0 Å². The number of unbranched alkanes of at least 4 members (excludes halogenated alkanes) is 1. The second-order valence-corrected chi connectivity index (χ2v) is 9.37. The first-order chi connectivity index (χ1) is 17.6. The lowest BCUT2D eigenvalue weighted by Gasteiger charge is -2.38. The lowest BCUT2D eigenvalue weighted by Crippen LogP contribution is -2.47. The molecule has 4 rings (SSSR count). The fourth-order valence-corrected chi connectivity index (χ4v) is 4.82. The van der Waals surface area contributed by atoms with Crippen molar-refractivity contribution in [2.24, 2.45) is 0 Å². The Morgan fingerprint density at radius 2 is 1.81 bits per heavy atom. The molecule has 2 aromatic carbocycles. The molecule has 0 bridgehead atoms. The highest BCUT2D eigenvalue weighted by Crippen LogP contribution is 2.31. The number of anilines is 3. The van der Waals surface area contributed by atoms with Crippen molar-refractivity contribution < 1.29 is 19.1 Å². The van der Waals surface area contributed by atoms with Gasteiger partial charge in [0.25, 0.3) is 5.91 Å². The Morgan fingerprint density at radius 3 is 2.50 bits per heavy atom. The number of hydrogen-bond acceptors (Lipinski definition) is 6. The minimum Gasteiger partial charge on any atom is -0.495 e. The summed E-state index contributed by atoms with van der Waals surface area (Å²) in [5.74, 6) is 0.696. The van der Waals surface area contributed by atoms with Crippen molar-refractivity contribution in [3.63, 3.8) is 0 Å². The zero-order valence-electron chi connectivity index (χ0n) is 21.4. The third kappa shape index (κ3) is 6.49. The average Bonchev–Trinajstić information content (AvgIpc) is 3.44. The van der Waals surface area contributed by atoms with E-state index in [0.717, 1.165) is 75.6 Å². The van der Waals surface area contributed by atoms with E-state index in [0.29, 0.717) is 24.2 Å². The van der Waals surface area contributed by atoms with E-state index in [1.54, 1.807) is 13.2 Å². The molecule has 1 unspecified atom stereocenters. The van der Waals surface area contributed by atoms with Crippen molar-refractivity contribution in [1.29, 1.82) is 0 Å². The van der Waals surface area contributed by atoms with E-state index >= 15 is 0 Å². The molecule has 2 N–H and O–H groups in total. The Bertz CT molecular complexity index is 1030. The van der Waals surface area contributed by atoms with Gasteiger partial charge in [-0.1, -0.05) is 25.5 Å². The molecule has 0 saturated carbocycles. The Hall–Kier alpha value is -3.26. The van der Waals surface area contributed by atoms with E-state index in [1.807, 2.05) is 30.3 Å². The van der Waals surface area contributed by atoms with Gasteiger partial charge in [-0.3, -0.25) is 9.59 Å². The van der Waals surface area contributed by atoms with Crippen molar-refractivity contribution in [3.8, 4) is 5.75 Å². The van der Waals surface area contributed by atoms with E-state index in [1.165, 1.54) is 0 Å². The third-order valence-corrected chi connectivity index (χ3v) is 6.84. The maximum Gasteiger partial charge on any atom is 0.253 e. The molecule has 0 aromatic heterocycles. The number of hydrogen-bond donors (Lipinski definition) is 2. The number of carbonyl (C=O) groups excluding carboxylic acids is 2. The SMILES string of the molecule is CCCCC(=O)Nc1ccc(N2CCN(c3ccccc3OC)CC2)c(C(=O)NCC2CCCO2)c1. The molecule has 8 nitrogen and oxygen atoms in total. The molecule has 194 valence electrons. The average molecular weight is 495 g/mol. The van der Waals surface area contributed by atoms with Gasteiger partial charge in [-0.15, -0.1) is 0 Å². The maximum absolute atomic E-state index is 13.3. The van der Waals surface area contributed by atoms with Gasteiger partial charge in [0.2, 0.25) is 5.91 Å². The van der Waals surface area contributed by atoms with Crippen LogP contribution in [-0.2, 0) is 9.53 Å². The first-order valence-corrected chi connectivity index (χ1v) is 13.1. The number of para-hydroxylation sites is 2. The predicted molar refractivity (Wildman–Crippen MR) is 143 cm³/mol. The number of nitrogens with one attached hydrogen (secondary N) is 2. The number of piperazine rings is 1. The van der Waals surface area contributed by atoms with Crippen LogP contribution in [-0.4, -0.2) is 64.4 Å². The first-order valence-electron chi connectivity index (χ1n) is 13.1. The van der Waals surface area contributed by atoms with Crippen LogP contribution in [0.3, 0.4) is 0 Å². The lowest BCUT2D eigenvalue weighted by molar-refractivity contribution is -0.116. The number of amides is 2. The van der Waals surface area contributed by atoms with Crippen molar-refractivity contribution in [1.82, 2.24) is 5.32 Å². The minimum absolute atomic E-state index is 0.0271. The van der Waals surface area contributed by atoms with E-state index < -0.39 is 0 Å². The first kappa shape index (κ1) is 25.8. The third-order valence-electron chi connectivity index (χ3n) is 6.84. The van der Waals surface area contributed by atoms with Gasteiger partial charge < -0.3 is 29.9 Å². The molecule has 2 aromatic rings. The monoisotopic (exact) mass is 494 g/mol. The van der Waals surface area contributed by atoms with Crippen LogP contribution in [0.1, 0.15) is 49.4 Å². The molecule has 2 aliphatic rings. The molecular weight excluding hydrogens is 456 g/mol. The number of nitrogens with zero attached hydrogens (tertiary/aromatic N) is 2. The summed E-state index contributed by atoms with van der Waals surface area (Å²) in [4.78, 5) is 30.2. The molecule has 1 atom stereocenters. The number of ether oxygens (including phenoxy) is 2. The van der Waals surface area contributed by atoms with Gasteiger partial charge in [0.05, 0.1) is 24.5 Å². The van der Waals surface area contributed by atoms with E-state index in [-0.39, 0.29) is 17.9 Å². The molecule has 2 fully saturated rings. The van der Waals surface area contributed by atoms with Gasteiger partial charge in [0, 0.05) is 57.1 Å². The predicted octanol–water partition coefficient (Wildman–Crippen LogP) is 4.06. The van der Waals surface area contributed by atoms with Crippen LogP contribution in [0.4, 0.5) is 17.1 Å². The van der Waals surface area contributed by atoms with Gasteiger partial charge in [-0.2, -0.15) is 0 Å². The standard InChI is InChI=1S/C28H38N4O4/c1-3-4-11-27(33)30-21-12-13-24(23(19-21)28(34)29-20-22-8-7-18-36-22)31-14-16-32(17-15-31)25-9-5-6-10-26(25)35-2/h5-6,9-10,12-13,19,22H,3-4,7-8,11,14-18,20H2,1-2H3,(H,29,34)(H,30,33). The highest BCUT2D eigenvalue weighted by atomic mass is 16.5. The normalized spacial score (nSPS) is 17.7. The van der Waals surface area contributed by atoms with Crippen LogP contribution >= 0.6 is 0 Å². The molecule has 2 amide bonds. The minimum atomic E-state index is -0.141. The fraction of sp³-hybridized carbons (Fsp3) is 0.500. The van der Waals surface area contributed by atoms with Crippen molar-refractivity contribution in [3.05, 3.63) is 48.0 Å². The zero-order valence-corrected chi connectivity index (χ0v) is 21.4. The summed E-state index contributed by atoms with van der Waals surface area (Å²) >= 11 is 0. The van der Waals surface area contributed by atoms with Gasteiger partial charge in [-0.05, 0) is 49.6 Å². The molecule has 8 heteroatoms. The second-order valence-electron chi connectivity index (χ2n) is 9.37. The largest absolute Gasteiger partial charge is 0.495 e. The smallest absolute Gasteiger partial charge is 0.253 e. The summed E-state index contributed by atoms with van der Waals surface area (Å²) in [6.07, 6.45) is 4.34. The highest BCUT2D eigenvalue weighted by Gasteiger charge is 2.24. The second kappa shape index (κ2) is 12.6. The van der Waals surface area contributed by atoms with Crippen LogP contribution in [0.15, 0.2) is 42.5 Å². The van der Waals surface area contributed by atoms with Crippen molar-refractivity contribution >= 4 is 28.9 Å². The summed E-state index contributed by atoms with van der Waals surface area (Å²) in [7, 11) is 1.69. The van der Waals surface area contributed by atoms with Crippen LogP contribution in [0.5, 0.6) is 5.75 Å². The molecule has 0 aliphatic carbocycles. The summed E-state index contributed by atoms with van der Waals surface area (Å²) in [5, 5.41) is 6.01. The Balaban J connectivity index is 1.49. The summed E-state index contributed by atoms with van der Waals surface area (Å²) < 4.78 is 11.2. The van der Waals surface area contributed by atoms with Crippen LogP contribution in [0.2, 0.25) is 0 Å². The molecule has 2 saturated heterocycles. The number of methoxy groups -OCH3 is 1. The summed E-state index contributed by atoms with van der Waals surface area (Å²) in [6, 6.07) is 13.7. The fourth-order valence-electron chi connectivity index (χ4n) is 4.82. The van der Waals surface area contributed by atoms with Gasteiger partial charge in [0.1, 0.15) is 5.75 Å². The molecule has 36 heavy (non-hydrogen) atoms. The van der Waals surface area contributed by atoms with Gasteiger partial charge in [-0.25, -0.2) is 0 Å². The van der Waals surface area contributed by atoms with Gasteiger partial charge >= 0.3 is 0 Å². The Labute approximate surface area is 213 Å². The number of benzene rings is 2. The van der Waals surface area contributed by atoms with Crippen molar-refractivity contribution in [2.75, 3.05) is 61.6 Å². The lowest BCUT2D eigenvalue weighted by atomic mass is 10.1. The van der Waals surface area contributed by atoms with E-state index in [4.69, 9.17) is 9.47 Å². The summed E-state index contributed by atoms with van der Waals surface area (Å²) in [5.41, 5.74) is 3.19. The Morgan fingerprint density at radius 1 is 1.06 bits per heavy atom. The molecule has 0 spiro atoms. The molecule has 0 radical (unpaired) electrons. The zero-order chi connectivity index (χ0) is 25.3. The van der Waals surface area contributed by atoms with Crippen LogP contribution in [0, 0.1) is 0 Å². The maximum atomic E-state index is 13.3. The van der Waals surface area contributed by atoms with E-state index in [9.17, 15) is 9.59 Å². The van der Waals surface area contributed by atoms with Crippen LogP contribution < -0.4 is 25.2 Å². The van der Waals surface area contributed by atoms with Crippen LogP contribution in [0.25, 0.3) is 0 Å². The quantitative estimate of drug-likeness (QED) is 0.518. The summed E-state index contributed by atoms with van der Waals surface area (Å²) in [6.45, 7) is 6.47. The topological polar surface area (TPSA) is 83.1 Å². The van der Waals surface area contributed by atoms with Crippen molar-refractivity contribution in [2.45, 2.75) is 45.1 Å². The molecule has 2 heterocycles.